The normalized spacial score (nSPS) is 16.4. The van der Waals surface area contributed by atoms with Gasteiger partial charge in [-0.25, -0.2) is 13.1 Å². The van der Waals surface area contributed by atoms with E-state index in [1.165, 1.54) is 19.2 Å². The standard InChI is InChI=1S/C21H36N4O4S/c1-21(2,3)23-30(27,28)19-16-17(8-9-18(19)29-5)20(26)22-10-6-7-11-25-14-12-24(4)13-15-25/h8-9,16,23H,6-7,10-15H2,1-5H3,(H,22,26). The fraction of sp³-hybridized carbons (Fsp3) is 0.667. The Kier molecular flexibility index (Phi) is 8.66. The van der Waals surface area contributed by atoms with Crippen molar-refractivity contribution in [2.75, 3.05) is 53.4 Å². The Labute approximate surface area is 181 Å². The SMILES string of the molecule is COc1ccc(C(=O)NCCCCN2CCN(C)CC2)cc1S(=O)(=O)NC(C)(C)C. The molecule has 2 N–H and O–H groups in total. The van der Waals surface area contributed by atoms with Gasteiger partial charge in [0.2, 0.25) is 10.0 Å². The Hall–Kier alpha value is -1.68. The smallest absolute Gasteiger partial charge is 0.251 e. The van der Waals surface area contributed by atoms with E-state index in [4.69, 9.17) is 4.74 Å². The van der Waals surface area contributed by atoms with Crippen LogP contribution in [0.5, 0.6) is 5.75 Å². The highest BCUT2D eigenvalue weighted by Crippen LogP contribution is 2.26. The van der Waals surface area contributed by atoms with Gasteiger partial charge in [-0.3, -0.25) is 4.79 Å². The molecule has 0 atom stereocenters. The number of methoxy groups -OCH3 is 1. The van der Waals surface area contributed by atoms with Crippen molar-refractivity contribution in [3.05, 3.63) is 23.8 Å². The van der Waals surface area contributed by atoms with E-state index >= 15 is 0 Å². The lowest BCUT2D eigenvalue weighted by atomic mass is 10.1. The van der Waals surface area contributed by atoms with Crippen LogP contribution in [0.2, 0.25) is 0 Å². The van der Waals surface area contributed by atoms with Crippen molar-refractivity contribution in [2.45, 2.75) is 44.0 Å². The maximum Gasteiger partial charge on any atom is 0.251 e. The molecular formula is C21H36N4O4S. The zero-order chi connectivity index (χ0) is 22.4. The van der Waals surface area contributed by atoms with Crippen molar-refractivity contribution in [3.8, 4) is 5.75 Å². The Balaban J connectivity index is 1.91. The lowest BCUT2D eigenvalue weighted by Gasteiger charge is -2.32. The second kappa shape index (κ2) is 10.6. The Morgan fingerprint density at radius 1 is 1.13 bits per heavy atom. The predicted octanol–water partition coefficient (Wildman–Crippen LogP) is 1.53. The molecular weight excluding hydrogens is 404 g/mol. The number of piperazine rings is 1. The van der Waals surface area contributed by atoms with Gasteiger partial charge in [0.25, 0.3) is 5.91 Å². The first-order valence-corrected chi connectivity index (χ1v) is 11.9. The van der Waals surface area contributed by atoms with Crippen LogP contribution in [0.3, 0.4) is 0 Å². The highest BCUT2D eigenvalue weighted by atomic mass is 32.2. The van der Waals surface area contributed by atoms with Gasteiger partial charge in [-0.05, 0) is 65.4 Å². The molecule has 2 rings (SSSR count). The number of sulfonamides is 1. The fourth-order valence-corrected chi connectivity index (χ4v) is 4.94. The van der Waals surface area contributed by atoms with E-state index in [-0.39, 0.29) is 16.6 Å². The summed E-state index contributed by atoms with van der Waals surface area (Å²) in [4.78, 5) is 17.3. The molecule has 170 valence electrons. The molecule has 9 heteroatoms. The topological polar surface area (TPSA) is 91.0 Å². The molecule has 0 spiro atoms. The van der Waals surface area contributed by atoms with Gasteiger partial charge in [0.05, 0.1) is 7.11 Å². The number of nitrogens with zero attached hydrogens (tertiary/aromatic N) is 2. The van der Waals surface area contributed by atoms with Crippen LogP contribution >= 0.6 is 0 Å². The third-order valence-electron chi connectivity index (χ3n) is 4.94. The zero-order valence-electron chi connectivity index (χ0n) is 18.8. The molecule has 0 bridgehead atoms. The maximum atomic E-state index is 12.7. The highest BCUT2D eigenvalue weighted by molar-refractivity contribution is 7.89. The molecule has 0 unspecified atom stereocenters. The Morgan fingerprint density at radius 3 is 2.40 bits per heavy atom. The second-order valence-corrected chi connectivity index (χ2v) is 10.5. The minimum atomic E-state index is -3.83. The molecule has 1 amide bonds. The third kappa shape index (κ3) is 7.54. The number of nitrogens with one attached hydrogen (secondary N) is 2. The third-order valence-corrected chi connectivity index (χ3v) is 6.72. The van der Waals surface area contributed by atoms with Gasteiger partial charge in [0, 0.05) is 43.8 Å². The van der Waals surface area contributed by atoms with E-state index in [2.05, 4.69) is 26.9 Å². The fourth-order valence-electron chi connectivity index (χ4n) is 3.32. The monoisotopic (exact) mass is 440 g/mol. The molecule has 0 saturated carbocycles. The van der Waals surface area contributed by atoms with E-state index in [0.29, 0.717) is 12.1 Å². The molecule has 1 saturated heterocycles. The van der Waals surface area contributed by atoms with Crippen molar-refractivity contribution >= 4 is 15.9 Å². The number of hydrogen-bond donors (Lipinski definition) is 2. The van der Waals surface area contributed by atoms with Gasteiger partial charge >= 0.3 is 0 Å². The number of hydrogen-bond acceptors (Lipinski definition) is 6. The van der Waals surface area contributed by atoms with Gasteiger partial charge in [0.15, 0.2) is 0 Å². The summed E-state index contributed by atoms with van der Waals surface area (Å²) in [6.07, 6.45) is 1.90. The molecule has 8 nitrogen and oxygen atoms in total. The summed E-state index contributed by atoms with van der Waals surface area (Å²) in [5, 5.41) is 2.89. The molecule has 1 aliphatic heterocycles. The summed E-state index contributed by atoms with van der Waals surface area (Å²) >= 11 is 0. The number of rotatable bonds is 9. The van der Waals surface area contributed by atoms with Gasteiger partial charge in [-0.15, -0.1) is 0 Å². The van der Waals surface area contributed by atoms with Crippen molar-refractivity contribution in [3.63, 3.8) is 0 Å². The lowest BCUT2D eigenvalue weighted by molar-refractivity contribution is 0.0951. The number of likely N-dealkylation sites (N-methyl/N-ethyl adjacent to an activating group) is 1. The van der Waals surface area contributed by atoms with Crippen LogP contribution in [0.4, 0.5) is 0 Å². The highest BCUT2D eigenvalue weighted by Gasteiger charge is 2.26. The van der Waals surface area contributed by atoms with Gasteiger partial charge in [0.1, 0.15) is 10.6 Å². The van der Waals surface area contributed by atoms with Gasteiger partial charge in [-0.2, -0.15) is 0 Å². The molecule has 0 radical (unpaired) electrons. The van der Waals surface area contributed by atoms with E-state index < -0.39 is 15.6 Å². The molecule has 1 aromatic rings. The van der Waals surface area contributed by atoms with E-state index in [1.807, 2.05) is 0 Å². The minimum Gasteiger partial charge on any atom is -0.495 e. The first-order chi connectivity index (χ1) is 14.0. The number of amides is 1. The number of unbranched alkanes of at least 4 members (excludes halogenated alkanes) is 1. The summed E-state index contributed by atoms with van der Waals surface area (Å²) in [6, 6.07) is 4.46. The van der Waals surface area contributed by atoms with Gasteiger partial charge < -0.3 is 19.9 Å². The van der Waals surface area contributed by atoms with E-state index in [0.717, 1.165) is 45.6 Å². The van der Waals surface area contributed by atoms with Crippen LogP contribution in [-0.2, 0) is 10.0 Å². The summed E-state index contributed by atoms with van der Waals surface area (Å²) in [5.41, 5.74) is -0.351. The number of benzene rings is 1. The van der Waals surface area contributed by atoms with Crippen molar-refractivity contribution in [2.24, 2.45) is 0 Å². The Morgan fingerprint density at radius 2 is 1.80 bits per heavy atom. The predicted molar refractivity (Wildman–Crippen MR) is 119 cm³/mol. The molecule has 1 aromatic carbocycles. The van der Waals surface area contributed by atoms with Crippen molar-refractivity contribution < 1.29 is 17.9 Å². The number of carbonyl (C=O) groups excluding carboxylic acids is 1. The van der Waals surface area contributed by atoms with Crippen LogP contribution in [0.1, 0.15) is 44.0 Å². The number of carbonyl (C=O) groups is 1. The van der Waals surface area contributed by atoms with Crippen LogP contribution in [0.15, 0.2) is 23.1 Å². The molecule has 0 aromatic heterocycles. The van der Waals surface area contributed by atoms with Crippen LogP contribution in [-0.4, -0.2) is 83.1 Å². The summed E-state index contributed by atoms with van der Waals surface area (Å²) in [5.74, 6) is -0.0834. The van der Waals surface area contributed by atoms with E-state index in [9.17, 15) is 13.2 Å². The summed E-state index contributed by atoms with van der Waals surface area (Å²) < 4.78 is 33.3. The minimum absolute atomic E-state index is 0.0392. The van der Waals surface area contributed by atoms with Crippen molar-refractivity contribution in [1.82, 2.24) is 19.8 Å². The van der Waals surface area contributed by atoms with Crippen LogP contribution in [0, 0.1) is 0 Å². The Bertz CT molecular complexity index is 813. The summed E-state index contributed by atoms with van der Waals surface area (Å²) in [7, 11) is -0.277. The van der Waals surface area contributed by atoms with Crippen LogP contribution in [0.25, 0.3) is 0 Å². The number of ether oxygens (including phenoxy) is 1. The molecule has 30 heavy (non-hydrogen) atoms. The van der Waals surface area contributed by atoms with Crippen LogP contribution < -0.4 is 14.8 Å². The quantitative estimate of drug-likeness (QED) is 0.566. The molecule has 1 fully saturated rings. The van der Waals surface area contributed by atoms with Gasteiger partial charge in [-0.1, -0.05) is 0 Å². The molecule has 1 aliphatic rings. The van der Waals surface area contributed by atoms with Crippen molar-refractivity contribution in [1.29, 1.82) is 0 Å². The summed E-state index contributed by atoms with van der Waals surface area (Å²) in [6.45, 7) is 11.3. The first kappa shape index (κ1) is 24.6. The maximum absolute atomic E-state index is 12.7. The second-order valence-electron chi connectivity index (χ2n) is 8.83. The molecule has 1 heterocycles. The molecule has 0 aliphatic carbocycles. The zero-order valence-corrected chi connectivity index (χ0v) is 19.6. The van der Waals surface area contributed by atoms with E-state index in [1.54, 1.807) is 26.8 Å². The largest absolute Gasteiger partial charge is 0.495 e. The average molecular weight is 441 g/mol. The average Bonchev–Trinajstić information content (AvgIpc) is 2.66. The lowest BCUT2D eigenvalue weighted by Crippen LogP contribution is -2.44. The first-order valence-electron chi connectivity index (χ1n) is 10.4.